The molecule has 0 saturated carbocycles. The van der Waals surface area contributed by atoms with Crippen LogP contribution in [0.3, 0.4) is 0 Å². The number of hydrogen-bond acceptors (Lipinski definition) is 4. The molecule has 0 radical (unpaired) electrons. The first-order chi connectivity index (χ1) is 11.2. The smallest absolute Gasteiger partial charge is 0.326 e. The molecule has 1 N–H and O–H groups in total. The molecule has 2 saturated heterocycles. The van der Waals surface area contributed by atoms with Crippen molar-refractivity contribution >= 4 is 27.4 Å². The van der Waals surface area contributed by atoms with E-state index in [1.54, 1.807) is 11.3 Å². The molecule has 2 aliphatic rings. The van der Waals surface area contributed by atoms with E-state index in [0.29, 0.717) is 6.04 Å². The van der Waals surface area contributed by atoms with Crippen molar-refractivity contribution in [2.75, 3.05) is 26.2 Å². The summed E-state index contributed by atoms with van der Waals surface area (Å²) in [5.74, 6) is -0.728. The van der Waals surface area contributed by atoms with E-state index < -0.39 is 12.0 Å². The van der Waals surface area contributed by atoms with Gasteiger partial charge in [0.25, 0.3) is 0 Å². The van der Waals surface area contributed by atoms with Gasteiger partial charge >= 0.3 is 5.97 Å². The van der Waals surface area contributed by atoms with Crippen molar-refractivity contribution in [3.63, 3.8) is 0 Å². The van der Waals surface area contributed by atoms with Crippen molar-refractivity contribution in [3.8, 4) is 0 Å². The summed E-state index contributed by atoms with van der Waals surface area (Å²) in [6.07, 6.45) is 3.91. The average molecular weight is 330 g/mol. The molecule has 1 aromatic heterocycles. The highest BCUT2D eigenvalue weighted by atomic mass is 32.1. The number of aliphatic carboxylic acids is 1. The summed E-state index contributed by atoms with van der Waals surface area (Å²) >= 11 is 1.61. The van der Waals surface area contributed by atoms with Crippen LogP contribution in [-0.2, 0) is 4.79 Å². The topological polar surface area (TPSA) is 43.8 Å². The maximum atomic E-state index is 11.8. The Bertz CT molecular complexity index is 669. The minimum atomic E-state index is -0.728. The average Bonchev–Trinajstić information content (AvgIpc) is 2.94. The van der Waals surface area contributed by atoms with E-state index in [1.807, 2.05) is 18.2 Å². The molecule has 122 valence electrons. The van der Waals surface area contributed by atoms with E-state index in [-0.39, 0.29) is 0 Å². The molecule has 2 fully saturated rings. The number of piperidine rings is 1. The zero-order valence-electron chi connectivity index (χ0n) is 13.1. The molecule has 0 amide bonds. The van der Waals surface area contributed by atoms with Gasteiger partial charge in [0.2, 0.25) is 0 Å². The normalized spacial score (nSPS) is 22.1. The van der Waals surface area contributed by atoms with Crippen molar-refractivity contribution in [1.29, 1.82) is 0 Å². The van der Waals surface area contributed by atoms with Crippen LogP contribution in [0.4, 0.5) is 0 Å². The molecule has 0 bridgehead atoms. The van der Waals surface area contributed by atoms with Crippen LogP contribution in [0, 0.1) is 0 Å². The molecule has 4 rings (SSSR count). The molecule has 5 heteroatoms. The standard InChI is InChI=1S/C18H22N2O2S/c21-18(22)17(16-10-13-6-2-3-7-15(13)23-16)20-11-14(12-20)19-8-4-1-5-9-19/h2-3,6-7,10,14,17H,1,4-5,8-9,11-12H2,(H,21,22). The zero-order valence-corrected chi connectivity index (χ0v) is 14.0. The monoisotopic (exact) mass is 330 g/mol. The lowest BCUT2D eigenvalue weighted by Crippen LogP contribution is -2.61. The van der Waals surface area contributed by atoms with Crippen molar-refractivity contribution in [2.45, 2.75) is 31.3 Å². The van der Waals surface area contributed by atoms with Crippen molar-refractivity contribution in [2.24, 2.45) is 0 Å². The largest absolute Gasteiger partial charge is 0.480 e. The predicted molar refractivity (Wildman–Crippen MR) is 93.0 cm³/mol. The summed E-state index contributed by atoms with van der Waals surface area (Å²) in [5, 5.41) is 10.9. The van der Waals surface area contributed by atoms with Gasteiger partial charge in [0.15, 0.2) is 0 Å². The number of benzene rings is 1. The van der Waals surface area contributed by atoms with Crippen LogP contribution in [0.1, 0.15) is 30.2 Å². The second-order valence-electron chi connectivity index (χ2n) is 6.63. The Kier molecular flexibility index (Phi) is 4.09. The summed E-state index contributed by atoms with van der Waals surface area (Å²) in [4.78, 5) is 17.5. The summed E-state index contributed by atoms with van der Waals surface area (Å²) in [6, 6.07) is 10.2. The van der Waals surface area contributed by atoms with Gasteiger partial charge in [-0.3, -0.25) is 14.6 Å². The fraction of sp³-hybridized carbons (Fsp3) is 0.500. The number of likely N-dealkylation sites (tertiary alicyclic amines) is 2. The van der Waals surface area contributed by atoms with Gasteiger partial charge < -0.3 is 5.11 Å². The Morgan fingerprint density at radius 1 is 1.17 bits per heavy atom. The third-order valence-corrected chi connectivity index (χ3v) is 6.28. The summed E-state index contributed by atoms with van der Waals surface area (Å²) in [5.41, 5.74) is 0. The van der Waals surface area contributed by atoms with Gasteiger partial charge in [-0.1, -0.05) is 24.6 Å². The molecule has 0 spiro atoms. The van der Waals surface area contributed by atoms with Crippen molar-refractivity contribution in [3.05, 3.63) is 35.2 Å². The van der Waals surface area contributed by atoms with Crippen LogP contribution in [0.2, 0.25) is 0 Å². The van der Waals surface area contributed by atoms with Gasteiger partial charge in [-0.05, 0) is 43.5 Å². The first-order valence-corrected chi connectivity index (χ1v) is 9.23. The quantitative estimate of drug-likeness (QED) is 0.935. The van der Waals surface area contributed by atoms with E-state index in [1.165, 1.54) is 37.1 Å². The minimum Gasteiger partial charge on any atom is -0.480 e. The maximum Gasteiger partial charge on any atom is 0.326 e. The fourth-order valence-corrected chi connectivity index (χ4v) is 5.00. The number of thiophene rings is 1. The van der Waals surface area contributed by atoms with Crippen LogP contribution < -0.4 is 0 Å². The van der Waals surface area contributed by atoms with Gasteiger partial charge in [-0.15, -0.1) is 11.3 Å². The lowest BCUT2D eigenvalue weighted by molar-refractivity contribution is -0.147. The SMILES string of the molecule is O=C(O)C(c1cc2ccccc2s1)N1CC(N2CCCCC2)C1. The molecule has 1 atom stereocenters. The van der Waals surface area contributed by atoms with Gasteiger partial charge in [-0.2, -0.15) is 0 Å². The molecule has 1 aromatic carbocycles. The van der Waals surface area contributed by atoms with Crippen LogP contribution in [-0.4, -0.2) is 53.1 Å². The molecule has 1 unspecified atom stereocenters. The molecule has 2 aromatic rings. The van der Waals surface area contributed by atoms with Crippen LogP contribution >= 0.6 is 11.3 Å². The van der Waals surface area contributed by atoms with Crippen molar-refractivity contribution < 1.29 is 9.90 Å². The molecule has 23 heavy (non-hydrogen) atoms. The lowest BCUT2D eigenvalue weighted by atomic mass is 9.99. The molecule has 3 heterocycles. The summed E-state index contributed by atoms with van der Waals surface area (Å²) in [6.45, 7) is 4.12. The van der Waals surface area contributed by atoms with Gasteiger partial charge in [0.05, 0.1) is 0 Å². The molecule has 4 nitrogen and oxygen atoms in total. The number of carboxylic acids is 1. The molecular formula is C18H22N2O2S. The Morgan fingerprint density at radius 2 is 1.91 bits per heavy atom. The third kappa shape index (κ3) is 2.89. The van der Waals surface area contributed by atoms with Crippen LogP contribution in [0.5, 0.6) is 0 Å². The second kappa shape index (κ2) is 6.23. The number of fused-ring (bicyclic) bond motifs is 1. The van der Waals surface area contributed by atoms with Gasteiger partial charge in [-0.25, -0.2) is 0 Å². The van der Waals surface area contributed by atoms with E-state index >= 15 is 0 Å². The minimum absolute atomic E-state index is 0.492. The molecular weight excluding hydrogens is 308 g/mol. The number of nitrogens with zero attached hydrogens (tertiary/aromatic N) is 2. The number of carbonyl (C=O) groups is 1. The first kappa shape index (κ1) is 15.1. The lowest BCUT2D eigenvalue weighted by Gasteiger charge is -2.48. The number of hydrogen-bond donors (Lipinski definition) is 1. The Morgan fingerprint density at radius 3 is 2.61 bits per heavy atom. The van der Waals surface area contributed by atoms with E-state index in [2.05, 4.69) is 21.9 Å². The van der Waals surface area contributed by atoms with Crippen LogP contribution in [0.15, 0.2) is 30.3 Å². The Hall–Kier alpha value is -1.43. The van der Waals surface area contributed by atoms with Gasteiger partial charge in [0, 0.05) is 28.7 Å². The zero-order chi connectivity index (χ0) is 15.8. The predicted octanol–water partition coefficient (Wildman–Crippen LogP) is 3.20. The molecule has 0 aliphatic carbocycles. The van der Waals surface area contributed by atoms with Crippen molar-refractivity contribution in [1.82, 2.24) is 9.80 Å². The highest BCUT2D eigenvalue weighted by molar-refractivity contribution is 7.19. The fourth-order valence-electron chi connectivity index (χ4n) is 3.81. The Labute approximate surface area is 140 Å². The highest BCUT2D eigenvalue weighted by Gasteiger charge is 2.40. The number of carboxylic acid groups (broad SMARTS) is 1. The summed E-state index contributed by atoms with van der Waals surface area (Å²) < 4.78 is 1.17. The summed E-state index contributed by atoms with van der Waals surface area (Å²) in [7, 11) is 0. The second-order valence-corrected chi connectivity index (χ2v) is 7.75. The van der Waals surface area contributed by atoms with E-state index in [0.717, 1.165) is 23.4 Å². The number of rotatable bonds is 4. The maximum absolute atomic E-state index is 11.8. The van der Waals surface area contributed by atoms with Gasteiger partial charge in [0.1, 0.15) is 6.04 Å². The Balaban J connectivity index is 1.49. The van der Waals surface area contributed by atoms with E-state index in [4.69, 9.17) is 0 Å². The third-order valence-electron chi connectivity index (χ3n) is 5.11. The first-order valence-electron chi connectivity index (χ1n) is 8.42. The molecule has 2 aliphatic heterocycles. The highest BCUT2D eigenvalue weighted by Crippen LogP contribution is 2.36. The van der Waals surface area contributed by atoms with Crippen LogP contribution in [0.25, 0.3) is 10.1 Å². The van der Waals surface area contributed by atoms with E-state index in [9.17, 15) is 9.90 Å².